The van der Waals surface area contributed by atoms with E-state index in [4.69, 9.17) is 0 Å². The van der Waals surface area contributed by atoms with Gasteiger partial charge in [-0.2, -0.15) is 0 Å². The van der Waals surface area contributed by atoms with Crippen LogP contribution in [0.2, 0.25) is 0 Å². The van der Waals surface area contributed by atoms with E-state index in [9.17, 15) is 25.9 Å². The number of hydrogen-bond donors (Lipinski definition) is 0. The topological polar surface area (TPSA) is 122 Å². The van der Waals surface area contributed by atoms with Gasteiger partial charge in [-0.25, -0.2) is 0 Å². The molecule has 0 saturated heterocycles. The van der Waals surface area contributed by atoms with Crippen LogP contribution in [0.15, 0.2) is 53.1 Å². The van der Waals surface area contributed by atoms with Crippen LogP contribution in [-0.4, -0.2) is 73.5 Å². The molecule has 0 saturated carbocycles. The van der Waals surface area contributed by atoms with Crippen LogP contribution < -0.4 is 43.5 Å². The molecule has 1 aromatic heterocycles. The predicted molar refractivity (Wildman–Crippen MR) is 127 cm³/mol. The van der Waals surface area contributed by atoms with Crippen LogP contribution in [0.4, 0.5) is 5.69 Å². The third-order valence-electron chi connectivity index (χ3n) is 5.07. The van der Waals surface area contributed by atoms with Crippen LogP contribution in [0.25, 0.3) is 15.9 Å². The molecule has 2 aromatic carbocycles. The first-order valence-corrected chi connectivity index (χ1v) is 16.7. The first kappa shape index (κ1) is 28.1. The molecule has 13 heteroatoms. The Kier molecular flexibility index (Phi) is 9.67. The Bertz CT molecular complexity index is 1420. The van der Waals surface area contributed by atoms with Crippen molar-refractivity contribution in [2.75, 3.05) is 23.0 Å². The largest absolute Gasteiger partial charge is 1.00 e. The first-order valence-electron chi connectivity index (χ1n) is 10.2. The Morgan fingerprint density at radius 1 is 0.912 bits per heavy atom. The van der Waals surface area contributed by atoms with Crippen molar-refractivity contribution in [2.45, 2.75) is 19.4 Å². The van der Waals surface area contributed by atoms with Crippen molar-refractivity contribution in [1.82, 2.24) is 0 Å². The zero-order valence-corrected chi connectivity index (χ0v) is 25.5. The number of anilines is 1. The molecule has 0 radical (unpaired) electrons. The second-order valence-electron chi connectivity index (χ2n) is 7.49. The minimum absolute atomic E-state index is 0. The number of fused-ring (bicyclic) bond motifs is 2. The monoisotopic (exact) mass is 644 g/mol. The molecule has 1 aliphatic heterocycles. The third kappa shape index (κ3) is 7.27. The van der Waals surface area contributed by atoms with Gasteiger partial charge < -0.3 is 0 Å². The molecule has 0 aliphatic carbocycles. The van der Waals surface area contributed by atoms with Crippen molar-refractivity contribution in [1.29, 1.82) is 0 Å². The maximum Gasteiger partial charge on any atom is 1.00 e. The van der Waals surface area contributed by atoms with Crippen LogP contribution in [0.3, 0.4) is 0 Å². The van der Waals surface area contributed by atoms with Gasteiger partial charge in [-0.05, 0) is 0 Å². The van der Waals surface area contributed by atoms with Crippen molar-refractivity contribution in [3.05, 3.63) is 57.7 Å². The molecule has 0 fully saturated rings. The smallest absolute Gasteiger partial charge is 1.00 e. The Morgan fingerprint density at radius 2 is 1.56 bits per heavy atom. The second-order valence-corrected chi connectivity index (χ2v) is 15.0. The van der Waals surface area contributed by atoms with Crippen LogP contribution in [0.1, 0.15) is 17.4 Å². The summed E-state index contributed by atoms with van der Waals surface area (Å²) in [5, 5.41) is 0. The van der Waals surface area contributed by atoms with E-state index in [-0.39, 0.29) is 71.9 Å². The van der Waals surface area contributed by atoms with Crippen LogP contribution in [0.5, 0.6) is 0 Å². The molecule has 1 aliphatic rings. The van der Waals surface area contributed by atoms with E-state index in [0.29, 0.717) is 13.1 Å². The molecular weight excluding hydrogens is 621 g/mol. The van der Waals surface area contributed by atoms with Gasteiger partial charge in [-0.15, -0.1) is 0 Å². The van der Waals surface area contributed by atoms with Crippen molar-refractivity contribution >= 4 is 75.7 Å². The molecule has 176 valence electrons. The Morgan fingerprint density at radius 3 is 2.29 bits per heavy atom. The maximum absolute atomic E-state index is 11.1. The molecule has 0 atom stereocenters. The van der Waals surface area contributed by atoms with E-state index < -0.39 is 31.7 Å². The van der Waals surface area contributed by atoms with E-state index in [1.54, 1.807) is 0 Å². The average molecular weight is 642 g/mol. The van der Waals surface area contributed by atoms with Crippen molar-refractivity contribution in [3.63, 3.8) is 0 Å². The SMILES string of the molecule is O=S(=O)([O-])CCCN1/C(=C\c2[se]c3ccccc3[n+]2CCCS(=O)(=O)[O-])[Se]c2ccccc21.[Na+]. The van der Waals surface area contributed by atoms with Crippen LogP contribution in [0, 0.1) is 0 Å². The summed E-state index contributed by atoms with van der Waals surface area (Å²) in [7, 11) is -8.55. The molecule has 0 spiro atoms. The number of aromatic nitrogens is 1. The third-order valence-corrected chi connectivity index (χ3v) is 11.3. The Hall–Kier alpha value is -0.491. The number of rotatable bonds is 9. The van der Waals surface area contributed by atoms with Crippen molar-refractivity contribution in [3.8, 4) is 0 Å². The predicted octanol–water partition coefficient (Wildman–Crippen LogP) is -2.79. The summed E-state index contributed by atoms with van der Waals surface area (Å²) in [4.78, 5) is 2.09. The van der Waals surface area contributed by atoms with Gasteiger partial charge in [0.15, 0.2) is 0 Å². The van der Waals surface area contributed by atoms with Gasteiger partial charge >= 0.3 is 236 Å². The van der Waals surface area contributed by atoms with Crippen molar-refractivity contribution in [2.24, 2.45) is 0 Å². The number of nitrogens with zero attached hydrogens (tertiary/aromatic N) is 2. The van der Waals surface area contributed by atoms with Crippen molar-refractivity contribution < 1.29 is 60.1 Å². The molecule has 0 unspecified atom stereocenters. The summed E-state index contributed by atoms with van der Waals surface area (Å²) in [6, 6.07) is 15.9. The molecule has 2 heterocycles. The number of benzene rings is 2. The maximum atomic E-state index is 11.1. The van der Waals surface area contributed by atoms with E-state index >= 15 is 0 Å². The fourth-order valence-corrected chi connectivity index (χ4v) is 9.75. The average Bonchev–Trinajstić information content (AvgIpc) is 3.25. The minimum atomic E-state index is -4.28. The summed E-state index contributed by atoms with van der Waals surface area (Å²) in [5.74, 6) is -0.818. The van der Waals surface area contributed by atoms with Gasteiger partial charge in [0.05, 0.1) is 0 Å². The molecular formula is C21H21N2NaO6S2Se2. The summed E-state index contributed by atoms with van der Waals surface area (Å²) in [6.45, 7) is 0.849. The minimum Gasteiger partial charge on any atom is 1.00 e. The molecule has 3 aromatic rings. The van der Waals surface area contributed by atoms with Gasteiger partial charge in [-0.1, -0.05) is 0 Å². The molecule has 0 N–H and O–H groups in total. The van der Waals surface area contributed by atoms with Gasteiger partial charge in [-0.3, -0.25) is 0 Å². The number of para-hydroxylation sites is 2. The Balaban J connectivity index is 0.00000324. The van der Waals surface area contributed by atoms with E-state index in [2.05, 4.69) is 27.7 Å². The zero-order chi connectivity index (χ0) is 23.6. The van der Waals surface area contributed by atoms with Crippen LogP contribution >= 0.6 is 0 Å². The fourth-order valence-electron chi connectivity index (χ4n) is 3.69. The van der Waals surface area contributed by atoms with E-state index in [1.165, 1.54) is 8.72 Å². The standard InChI is InChI=1S/C21H22N2O6S2Se2.Na/c24-30(25,26)13-5-11-22-16-7-1-3-9-18(16)32-20(22)15-21-23(12-6-14-31(27,28)29)17-8-2-4-10-19(17)33-21;/h1-4,7-10,15H,5-6,11-14H2,(H-,24,25,26,27,28,29);/q;+1/p-1. The first-order chi connectivity index (χ1) is 15.6. The second kappa shape index (κ2) is 11.7. The number of hydrogen-bond acceptors (Lipinski definition) is 7. The molecule has 4 rings (SSSR count). The molecule has 0 bridgehead atoms. The van der Waals surface area contributed by atoms with E-state index in [0.717, 1.165) is 20.4 Å². The van der Waals surface area contributed by atoms with Crippen LogP contribution in [-0.2, 0) is 26.8 Å². The van der Waals surface area contributed by atoms with Gasteiger partial charge in [0.2, 0.25) is 0 Å². The summed E-state index contributed by atoms with van der Waals surface area (Å²) in [5.41, 5.74) is 2.05. The Labute approximate surface area is 233 Å². The summed E-state index contributed by atoms with van der Waals surface area (Å²) >= 11 is 0.0175. The molecule has 0 amide bonds. The summed E-state index contributed by atoms with van der Waals surface area (Å²) in [6.07, 6.45) is 2.59. The normalized spacial score (nSPS) is 15.0. The molecule has 34 heavy (non-hydrogen) atoms. The summed E-state index contributed by atoms with van der Waals surface area (Å²) < 4.78 is 73.2. The number of aryl methyl sites for hydroxylation is 1. The zero-order valence-electron chi connectivity index (χ0n) is 18.4. The molecule has 8 nitrogen and oxygen atoms in total. The van der Waals surface area contributed by atoms with E-state index in [1.807, 2.05) is 36.4 Å². The van der Waals surface area contributed by atoms with Gasteiger partial charge in [0, 0.05) is 0 Å². The van der Waals surface area contributed by atoms with Gasteiger partial charge in [0.1, 0.15) is 0 Å². The quantitative estimate of drug-likeness (QED) is 0.141. The fraction of sp³-hybridized carbons (Fsp3) is 0.286. The van der Waals surface area contributed by atoms with Gasteiger partial charge in [0.25, 0.3) is 0 Å².